The predicted octanol–water partition coefficient (Wildman–Crippen LogP) is 2.45. The molecule has 1 aromatic carbocycles. The second-order valence-corrected chi connectivity index (χ2v) is 4.74. The zero-order valence-corrected chi connectivity index (χ0v) is 10.0. The van der Waals surface area contributed by atoms with Gasteiger partial charge in [0.1, 0.15) is 0 Å². The molecule has 2 atom stereocenters. The van der Waals surface area contributed by atoms with E-state index in [0.29, 0.717) is 12.8 Å². The minimum atomic E-state index is -0.356. The molecule has 0 unspecified atom stereocenters. The van der Waals surface area contributed by atoms with Gasteiger partial charge in [-0.2, -0.15) is 0 Å². The standard InChI is InChI=1S/C15H20O2/c16-14-9-10-15(17)13(11-14)8-4-7-12-5-2-1-3-6-12/h1-3,5-6,11,14-17H,4,7-10H2/t14-,15+/m0/s1. The molecule has 92 valence electrons. The van der Waals surface area contributed by atoms with E-state index >= 15 is 0 Å². The molecule has 2 N–H and O–H groups in total. The summed E-state index contributed by atoms with van der Waals surface area (Å²) in [6, 6.07) is 10.4. The molecule has 1 aliphatic carbocycles. The van der Waals surface area contributed by atoms with Gasteiger partial charge in [0.2, 0.25) is 0 Å². The first-order valence-corrected chi connectivity index (χ1v) is 6.36. The summed E-state index contributed by atoms with van der Waals surface area (Å²) in [5, 5.41) is 19.3. The molecular formula is C15H20O2. The first-order valence-electron chi connectivity index (χ1n) is 6.36. The van der Waals surface area contributed by atoms with E-state index in [1.807, 2.05) is 24.3 Å². The quantitative estimate of drug-likeness (QED) is 0.783. The third kappa shape index (κ3) is 3.69. The second kappa shape index (κ2) is 5.99. The van der Waals surface area contributed by atoms with Crippen LogP contribution in [-0.2, 0) is 6.42 Å². The second-order valence-electron chi connectivity index (χ2n) is 4.74. The van der Waals surface area contributed by atoms with Crippen LogP contribution in [0.15, 0.2) is 42.0 Å². The Bertz CT molecular complexity index is 370. The molecule has 0 saturated heterocycles. The summed E-state index contributed by atoms with van der Waals surface area (Å²) in [4.78, 5) is 0. The Balaban J connectivity index is 1.82. The lowest BCUT2D eigenvalue weighted by Gasteiger charge is -2.22. The van der Waals surface area contributed by atoms with E-state index in [4.69, 9.17) is 0 Å². The molecule has 2 rings (SSSR count). The van der Waals surface area contributed by atoms with E-state index in [1.54, 1.807) is 0 Å². The van der Waals surface area contributed by atoms with Crippen LogP contribution < -0.4 is 0 Å². The van der Waals surface area contributed by atoms with Crippen molar-refractivity contribution in [3.63, 3.8) is 0 Å². The fourth-order valence-electron chi connectivity index (χ4n) is 2.35. The van der Waals surface area contributed by atoms with Crippen LogP contribution in [0.4, 0.5) is 0 Å². The molecule has 0 spiro atoms. The van der Waals surface area contributed by atoms with Crippen LogP contribution in [0, 0.1) is 0 Å². The van der Waals surface area contributed by atoms with Crippen LogP contribution >= 0.6 is 0 Å². The van der Waals surface area contributed by atoms with E-state index in [2.05, 4.69) is 12.1 Å². The molecule has 0 radical (unpaired) electrons. The Morgan fingerprint density at radius 3 is 2.53 bits per heavy atom. The summed E-state index contributed by atoms with van der Waals surface area (Å²) < 4.78 is 0. The highest BCUT2D eigenvalue weighted by atomic mass is 16.3. The molecule has 0 aliphatic heterocycles. The maximum absolute atomic E-state index is 9.80. The van der Waals surface area contributed by atoms with E-state index in [1.165, 1.54) is 5.56 Å². The van der Waals surface area contributed by atoms with Crippen molar-refractivity contribution in [2.45, 2.75) is 44.3 Å². The SMILES string of the molecule is O[C@@H]1C=C(CCCc2ccccc2)[C@H](O)CC1. The van der Waals surface area contributed by atoms with E-state index in [9.17, 15) is 10.2 Å². The van der Waals surface area contributed by atoms with Gasteiger partial charge in [0.15, 0.2) is 0 Å². The van der Waals surface area contributed by atoms with Crippen molar-refractivity contribution < 1.29 is 10.2 Å². The first kappa shape index (κ1) is 12.3. The van der Waals surface area contributed by atoms with Crippen LogP contribution in [0.3, 0.4) is 0 Å². The molecule has 0 bridgehead atoms. The van der Waals surface area contributed by atoms with Crippen molar-refractivity contribution in [1.29, 1.82) is 0 Å². The number of benzene rings is 1. The maximum atomic E-state index is 9.80. The lowest BCUT2D eigenvalue weighted by molar-refractivity contribution is 0.133. The highest BCUT2D eigenvalue weighted by Crippen LogP contribution is 2.23. The van der Waals surface area contributed by atoms with Gasteiger partial charge in [-0.25, -0.2) is 0 Å². The van der Waals surface area contributed by atoms with Crippen LogP contribution in [0.5, 0.6) is 0 Å². The topological polar surface area (TPSA) is 40.5 Å². The van der Waals surface area contributed by atoms with Crippen molar-refractivity contribution in [3.8, 4) is 0 Å². The number of rotatable bonds is 4. The van der Waals surface area contributed by atoms with Crippen molar-refractivity contribution >= 4 is 0 Å². The van der Waals surface area contributed by atoms with E-state index in [-0.39, 0.29) is 12.2 Å². The van der Waals surface area contributed by atoms with E-state index in [0.717, 1.165) is 24.8 Å². The molecule has 1 aliphatic rings. The third-order valence-corrected chi connectivity index (χ3v) is 3.34. The average molecular weight is 232 g/mol. The number of hydrogen-bond acceptors (Lipinski definition) is 2. The van der Waals surface area contributed by atoms with Crippen molar-refractivity contribution in [2.75, 3.05) is 0 Å². The molecule has 2 heteroatoms. The normalized spacial score (nSPS) is 24.5. The molecule has 0 aromatic heterocycles. The Labute approximate surface area is 103 Å². The number of aliphatic hydroxyl groups excluding tert-OH is 2. The molecule has 2 nitrogen and oxygen atoms in total. The minimum absolute atomic E-state index is 0.339. The zero-order chi connectivity index (χ0) is 12.1. The summed E-state index contributed by atoms with van der Waals surface area (Å²) >= 11 is 0. The Hall–Kier alpha value is -1.12. The van der Waals surface area contributed by atoms with Crippen LogP contribution in [0.25, 0.3) is 0 Å². The fraction of sp³-hybridized carbons (Fsp3) is 0.467. The van der Waals surface area contributed by atoms with Gasteiger partial charge >= 0.3 is 0 Å². The molecule has 0 amide bonds. The Morgan fingerprint density at radius 1 is 1.00 bits per heavy atom. The Kier molecular flexibility index (Phi) is 4.35. The average Bonchev–Trinajstić information content (AvgIpc) is 2.35. The number of aliphatic hydroxyl groups is 2. The van der Waals surface area contributed by atoms with Gasteiger partial charge in [-0.3, -0.25) is 0 Å². The van der Waals surface area contributed by atoms with Crippen molar-refractivity contribution in [2.24, 2.45) is 0 Å². The first-order chi connectivity index (χ1) is 8.25. The molecule has 17 heavy (non-hydrogen) atoms. The smallest absolute Gasteiger partial charge is 0.0752 e. The van der Waals surface area contributed by atoms with Gasteiger partial charge in [-0.05, 0) is 43.2 Å². The lowest BCUT2D eigenvalue weighted by Crippen LogP contribution is -2.21. The van der Waals surface area contributed by atoms with Crippen LogP contribution in [0.2, 0.25) is 0 Å². The molecule has 1 aromatic rings. The van der Waals surface area contributed by atoms with Gasteiger partial charge in [0.25, 0.3) is 0 Å². The van der Waals surface area contributed by atoms with E-state index < -0.39 is 0 Å². The van der Waals surface area contributed by atoms with Crippen molar-refractivity contribution in [1.82, 2.24) is 0 Å². The number of hydrogen-bond donors (Lipinski definition) is 2. The van der Waals surface area contributed by atoms with Crippen LogP contribution in [0.1, 0.15) is 31.2 Å². The molecule has 0 heterocycles. The molecular weight excluding hydrogens is 212 g/mol. The van der Waals surface area contributed by atoms with Crippen LogP contribution in [-0.4, -0.2) is 22.4 Å². The summed E-state index contributed by atoms with van der Waals surface area (Å²) in [5.74, 6) is 0. The highest BCUT2D eigenvalue weighted by Gasteiger charge is 2.18. The molecule has 0 fully saturated rings. The highest BCUT2D eigenvalue weighted by molar-refractivity contribution is 5.17. The monoisotopic (exact) mass is 232 g/mol. The largest absolute Gasteiger partial charge is 0.389 e. The summed E-state index contributed by atoms with van der Waals surface area (Å²) in [5.41, 5.74) is 2.35. The fourth-order valence-corrected chi connectivity index (χ4v) is 2.35. The molecule has 0 saturated carbocycles. The van der Waals surface area contributed by atoms with Gasteiger partial charge in [0.05, 0.1) is 12.2 Å². The predicted molar refractivity (Wildman–Crippen MR) is 68.7 cm³/mol. The summed E-state index contributed by atoms with van der Waals surface area (Å²) in [6.07, 6.45) is 5.45. The maximum Gasteiger partial charge on any atom is 0.0752 e. The third-order valence-electron chi connectivity index (χ3n) is 3.34. The van der Waals surface area contributed by atoms with Gasteiger partial charge < -0.3 is 10.2 Å². The summed E-state index contributed by atoms with van der Waals surface area (Å²) in [7, 11) is 0. The minimum Gasteiger partial charge on any atom is -0.389 e. The lowest BCUT2D eigenvalue weighted by atomic mass is 9.91. The van der Waals surface area contributed by atoms with Gasteiger partial charge in [0, 0.05) is 0 Å². The van der Waals surface area contributed by atoms with Crippen molar-refractivity contribution in [3.05, 3.63) is 47.5 Å². The van der Waals surface area contributed by atoms with Gasteiger partial charge in [-0.1, -0.05) is 36.4 Å². The Morgan fingerprint density at radius 2 is 1.76 bits per heavy atom. The summed E-state index contributed by atoms with van der Waals surface area (Å²) in [6.45, 7) is 0. The number of aryl methyl sites for hydroxylation is 1. The zero-order valence-electron chi connectivity index (χ0n) is 10.0. The van der Waals surface area contributed by atoms with Gasteiger partial charge in [-0.15, -0.1) is 0 Å².